The molecule has 2 atom stereocenters. The summed E-state index contributed by atoms with van der Waals surface area (Å²) in [5, 5.41) is 12.3. The highest BCUT2D eigenvalue weighted by Crippen LogP contribution is 2.32. The third kappa shape index (κ3) is 3.20. The summed E-state index contributed by atoms with van der Waals surface area (Å²) in [6.45, 7) is 5.12. The van der Waals surface area contributed by atoms with E-state index in [2.05, 4.69) is 24.4 Å². The second-order valence-corrected chi connectivity index (χ2v) is 4.82. The summed E-state index contributed by atoms with van der Waals surface area (Å²) >= 11 is 0. The fraction of sp³-hybridized carbons (Fsp3) is 0.571. The topological polar surface area (TPSA) is 41.5 Å². The van der Waals surface area contributed by atoms with E-state index < -0.39 is 0 Å². The Hall–Kier alpha value is -1.06. The maximum atomic E-state index is 8.83. The second kappa shape index (κ2) is 6.03. The van der Waals surface area contributed by atoms with E-state index >= 15 is 0 Å². The molecule has 17 heavy (non-hydrogen) atoms. The van der Waals surface area contributed by atoms with Crippen molar-refractivity contribution in [3.05, 3.63) is 29.8 Å². The first-order chi connectivity index (χ1) is 8.31. The zero-order valence-electron chi connectivity index (χ0n) is 10.4. The maximum absolute atomic E-state index is 8.83. The lowest BCUT2D eigenvalue weighted by Gasteiger charge is -2.14. The third-order valence-corrected chi connectivity index (χ3v) is 3.30. The molecule has 3 heteroatoms. The van der Waals surface area contributed by atoms with Crippen molar-refractivity contribution in [1.82, 2.24) is 5.32 Å². The molecule has 2 rings (SSSR count). The fourth-order valence-corrected chi connectivity index (χ4v) is 2.22. The van der Waals surface area contributed by atoms with Crippen LogP contribution < -0.4 is 10.1 Å². The van der Waals surface area contributed by atoms with Crippen molar-refractivity contribution < 1.29 is 9.84 Å². The lowest BCUT2D eigenvalue weighted by atomic mass is 10.0. The molecule has 94 valence electrons. The van der Waals surface area contributed by atoms with Crippen molar-refractivity contribution in [3.8, 4) is 5.75 Å². The Bertz CT molecular complexity index is 354. The number of para-hydroxylation sites is 1. The van der Waals surface area contributed by atoms with Crippen LogP contribution in [-0.2, 0) is 0 Å². The molecule has 0 bridgehead atoms. The molecule has 3 nitrogen and oxygen atoms in total. The summed E-state index contributed by atoms with van der Waals surface area (Å²) in [7, 11) is 0. The number of hydrogen-bond donors (Lipinski definition) is 2. The maximum Gasteiger partial charge on any atom is 0.122 e. The molecule has 0 fully saturated rings. The second-order valence-electron chi connectivity index (χ2n) is 4.82. The molecule has 0 aromatic heterocycles. The third-order valence-electron chi connectivity index (χ3n) is 3.30. The minimum atomic E-state index is 0.276. The number of aliphatic hydroxyl groups excluding tert-OH is 1. The van der Waals surface area contributed by atoms with Crippen LogP contribution in [0.4, 0.5) is 0 Å². The quantitative estimate of drug-likeness (QED) is 0.789. The van der Waals surface area contributed by atoms with Crippen LogP contribution in [0.1, 0.15) is 24.8 Å². The van der Waals surface area contributed by atoms with E-state index in [0.717, 1.165) is 31.9 Å². The normalized spacial score (nSPS) is 19.8. The molecule has 0 amide bonds. The van der Waals surface area contributed by atoms with Gasteiger partial charge in [-0.05, 0) is 24.9 Å². The van der Waals surface area contributed by atoms with Crippen molar-refractivity contribution >= 4 is 0 Å². The molecule has 1 heterocycles. The fourth-order valence-electron chi connectivity index (χ4n) is 2.22. The van der Waals surface area contributed by atoms with Crippen molar-refractivity contribution in [1.29, 1.82) is 0 Å². The summed E-state index contributed by atoms with van der Waals surface area (Å²) in [5.74, 6) is 2.02. The van der Waals surface area contributed by atoms with Gasteiger partial charge in [-0.2, -0.15) is 0 Å². The van der Waals surface area contributed by atoms with Crippen LogP contribution in [0.2, 0.25) is 0 Å². The van der Waals surface area contributed by atoms with Crippen LogP contribution in [0, 0.1) is 5.92 Å². The smallest absolute Gasteiger partial charge is 0.122 e. The molecule has 0 saturated carbocycles. The first-order valence-electron chi connectivity index (χ1n) is 6.34. The van der Waals surface area contributed by atoms with E-state index in [0.29, 0.717) is 11.8 Å². The van der Waals surface area contributed by atoms with Gasteiger partial charge in [0.2, 0.25) is 0 Å². The van der Waals surface area contributed by atoms with E-state index in [1.807, 2.05) is 12.1 Å². The van der Waals surface area contributed by atoms with Crippen LogP contribution in [0.25, 0.3) is 0 Å². The van der Waals surface area contributed by atoms with E-state index in [-0.39, 0.29) is 6.61 Å². The Morgan fingerprint density at radius 3 is 3.12 bits per heavy atom. The highest BCUT2D eigenvalue weighted by Gasteiger charge is 2.22. The summed E-state index contributed by atoms with van der Waals surface area (Å²) in [5.41, 5.74) is 1.31. The van der Waals surface area contributed by atoms with E-state index in [1.54, 1.807) is 0 Å². The molecular formula is C14H21NO2. The van der Waals surface area contributed by atoms with Crippen LogP contribution in [0.3, 0.4) is 0 Å². The Morgan fingerprint density at radius 1 is 1.47 bits per heavy atom. The lowest BCUT2D eigenvalue weighted by Crippen LogP contribution is -2.27. The molecular weight excluding hydrogens is 214 g/mol. The predicted molar refractivity (Wildman–Crippen MR) is 68.4 cm³/mol. The molecule has 1 aromatic carbocycles. The summed E-state index contributed by atoms with van der Waals surface area (Å²) in [4.78, 5) is 0. The number of rotatable bonds is 6. The summed E-state index contributed by atoms with van der Waals surface area (Å²) < 4.78 is 5.64. The molecule has 1 aliphatic rings. The van der Waals surface area contributed by atoms with Crippen molar-refractivity contribution in [2.75, 3.05) is 26.3 Å². The van der Waals surface area contributed by atoms with Crippen LogP contribution in [-0.4, -0.2) is 31.4 Å². The Kier molecular flexibility index (Phi) is 4.40. The van der Waals surface area contributed by atoms with Gasteiger partial charge in [0.15, 0.2) is 0 Å². The molecule has 1 aliphatic heterocycles. The predicted octanol–water partition coefficient (Wildman–Crippen LogP) is 1.77. The molecule has 1 aromatic rings. The van der Waals surface area contributed by atoms with Gasteiger partial charge in [0.1, 0.15) is 5.75 Å². The highest BCUT2D eigenvalue weighted by molar-refractivity contribution is 5.39. The van der Waals surface area contributed by atoms with Crippen LogP contribution >= 0.6 is 0 Å². The molecule has 0 spiro atoms. The Labute approximate surface area is 103 Å². The average Bonchev–Trinajstić information content (AvgIpc) is 2.73. The highest BCUT2D eigenvalue weighted by atomic mass is 16.5. The number of ether oxygens (including phenoxy) is 1. The number of aliphatic hydroxyl groups is 1. The zero-order valence-corrected chi connectivity index (χ0v) is 10.4. The average molecular weight is 235 g/mol. The van der Waals surface area contributed by atoms with Gasteiger partial charge >= 0.3 is 0 Å². The Morgan fingerprint density at radius 2 is 2.29 bits per heavy atom. The van der Waals surface area contributed by atoms with Gasteiger partial charge in [-0.1, -0.05) is 25.1 Å². The van der Waals surface area contributed by atoms with Gasteiger partial charge in [-0.3, -0.25) is 0 Å². The van der Waals surface area contributed by atoms with E-state index in [9.17, 15) is 0 Å². The standard InChI is InChI=1S/C14H21NO2/c1-11(6-7-16)8-15-9-12-10-17-14-5-3-2-4-13(12)14/h2-5,11-12,15-16H,6-10H2,1H3. The SMILES string of the molecule is CC(CCO)CNCC1COc2ccccc21. The number of fused-ring (bicyclic) bond motifs is 1. The van der Waals surface area contributed by atoms with Crippen molar-refractivity contribution in [3.63, 3.8) is 0 Å². The van der Waals surface area contributed by atoms with E-state index in [1.165, 1.54) is 5.56 Å². The molecule has 0 radical (unpaired) electrons. The molecule has 0 aliphatic carbocycles. The van der Waals surface area contributed by atoms with Crippen LogP contribution in [0.15, 0.2) is 24.3 Å². The first kappa shape index (κ1) is 12.4. The molecule has 0 saturated heterocycles. The summed E-state index contributed by atoms with van der Waals surface area (Å²) in [6.07, 6.45) is 0.866. The summed E-state index contributed by atoms with van der Waals surface area (Å²) in [6, 6.07) is 8.25. The Balaban J connectivity index is 1.78. The van der Waals surface area contributed by atoms with Gasteiger partial charge in [-0.25, -0.2) is 0 Å². The molecule has 2 unspecified atom stereocenters. The van der Waals surface area contributed by atoms with E-state index in [4.69, 9.17) is 9.84 Å². The van der Waals surface area contributed by atoms with Gasteiger partial charge in [0, 0.05) is 24.6 Å². The van der Waals surface area contributed by atoms with Crippen LogP contribution in [0.5, 0.6) is 5.75 Å². The number of benzene rings is 1. The zero-order chi connectivity index (χ0) is 12.1. The van der Waals surface area contributed by atoms with Crippen molar-refractivity contribution in [2.45, 2.75) is 19.3 Å². The molecule has 2 N–H and O–H groups in total. The lowest BCUT2D eigenvalue weighted by molar-refractivity contribution is 0.258. The minimum absolute atomic E-state index is 0.276. The van der Waals surface area contributed by atoms with Gasteiger partial charge in [0.05, 0.1) is 6.61 Å². The van der Waals surface area contributed by atoms with Crippen molar-refractivity contribution in [2.24, 2.45) is 5.92 Å². The monoisotopic (exact) mass is 235 g/mol. The number of hydrogen-bond acceptors (Lipinski definition) is 3. The number of nitrogens with one attached hydrogen (secondary N) is 1. The van der Waals surface area contributed by atoms with Gasteiger partial charge < -0.3 is 15.2 Å². The largest absolute Gasteiger partial charge is 0.493 e. The van der Waals surface area contributed by atoms with Gasteiger partial charge in [0.25, 0.3) is 0 Å². The van der Waals surface area contributed by atoms with Gasteiger partial charge in [-0.15, -0.1) is 0 Å². The minimum Gasteiger partial charge on any atom is -0.493 e. The first-order valence-corrected chi connectivity index (χ1v) is 6.34.